The number of nitrogens with one attached hydrogen (secondary N) is 1. The van der Waals surface area contributed by atoms with Gasteiger partial charge in [-0.15, -0.1) is 0 Å². The summed E-state index contributed by atoms with van der Waals surface area (Å²) in [6.45, 7) is 1.13. The van der Waals surface area contributed by atoms with Crippen molar-refractivity contribution in [3.63, 3.8) is 0 Å². The summed E-state index contributed by atoms with van der Waals surface area (Å²) in [5.74, 6) is 0.0436. The van der Waals surface area contributed by atoms with E-state index in [1.165, 1.54) is 15.8 Å². The van der Waals surface area contributed by atoms with Gasteiger partial charge in [-0.05, 0) is 59.0 Å². The van der Waals surface area contributed by atoms with Crippen LogP contribution in [0.4, 0.5) is 17.1 Å². The summed E-state index contributed by atoms with van der Waals surface area (Å²) in [7, 11) is 2.04. The van der Waals surface area contributed by atoms with Crippen LogP contribution in [0, 0.1) is 3.57 Å². The Hall–Kier alpha value is -2.81. The minimum absolute atomic E-state index is 0.143. The summed E-state index contributed by atoms with van der Waals surface area (Å²) in [4.78, 5) is 17.5. The van der Waals surface area contributed by atoms with Gasteiger partial charge in [0.2, 0.25) is 0 Å². The molecule has 1 aromatic heterocycles. The lowest BCUT2D eigenvalue weighted by atomic mass is 10.0. The second-order valence-electron chi connectivity index (χ2n) is 6.87. The van der Waals surface area contributed by atoms with Gasteiger partial charge >= 0.3 is 5.97 Å². The van der Waals surface area contributed by atoms with Gasteiger partial charge in [0, 0.05) is 52.3 Å². The van der Waals surface area contributed by atoms with E-state index >= 15 is 0 Å². The molecule has 4 rings (SSSR count). The number of pyridine rings is 1. The van der Waals surface area contributed by atoms with E-state index in [1.807, 2.05) is 7.05 Å². The standard InChI is InChI=1S/C22H20IN3O3/c1-26(16-4-2-15(23)3-5-16)17-6-7-18-14(13-29-21(18)10-17)11-25-20-12-24-9-8-19(20)22(27)28/h2-10,12,14,25H,11,13H2,1H3,(H,27,28)/t14-/m1/s1. The van der Waals surface area contributed by atoms with Gasteiger partial charge in [0.15, 0.2) is 0 Å². The van der Waals surface area contributed by atoms with Gasteiger partial charge in [-0.3, -0.25) is 4.98 Å². The number of fused-ring (bicyclic) bond motifs is 1. The largest absolute Gasteiger partial charge is 0.493 e. The number of rotatable bonds is 6. The summed E-state index contributed by atoms with van der Waals surface area (Å²) >= 11 is 2.30. The molecule has 0 aliphatic carbocycles. The van der Waals surface area contributed by atoms with Crippen molar-refractivity contribution in [2.45, 2.75) is 5.92 Å². The number of carboxylic acid groups (broad SMARTS) is 1. The molecule has 2 heterocycles. The molecule has 0 fully saturated rings. The maximum atomic E-state index is 11.4. The Morgan fingerprint density at radius 2 is 2.00 bits per heavy atom. The highest BCUT2D eigenvalue weighted by Gasteiger charge is 2.25. The molecule has 3 aromatic rings. The number of halogens is 1. The normalized spacial score (nSPS) is 14.8. The van der Waals surface area contributed by atoms with E-state index in [4.69, 9.17) is 4.74 Å². The molecule has 0 unspecified atom stereocenters. The molecule has 0 saturated heterocycles. The number of anilines is 3. The molecule has 0 saturated carbocycles. The van der Waals surface area contributed by atoms with Crippen molar-refractivity contribution in [1.82, 2.24) is 4.98 Å². The zero-order chi connectivity index (χ0) is 20.4. The fourth-order valence-electron chi connectivity index (χ4n) is 3.41. The second-order valence-corrected chi connectivity index (χ2v) is 8.12. The van der Waals surface area contributed by atoms with Crippen molar-refractivity contribution in [3.05, 3.63) is 75.6 Å². The Balaban J connectivity index is 1.49. The highest BCUT2D eigenvalue weighted by Crippen LogP contribution is 2.38. The van der Waals surface area contributed by atoms with Crippen molar-refractivity contribution in [3.8, 4) is 5.75 Å². The fourth-order valence-corrected chi connectivity index (χ4v) is 3.77. The zero-order valence-electron chi connectivity index (χ0n) is 15.8. The first kappa shape index (κ1) is 19.5. The number of carboxylic acids is 1. The summed E-state index contributed by atoms with van der Waals surface area (Å²) < 4.78 is 7.12. The van der Waals surface area contributed by atoms with Crippen LogP contribution in [0.5, 0.6) is 5.75 Å². The minimum atomic E-state index is -0.971. The Morgan fingerprint density at radius 3 is 2.76 bits per heavy atom. The van der Waals surface area contributed by atoms with Crippen molar-refractivity contribution in [2.24, 2.45) is 0 Å². The summed E-state index contributed by atoms with van der Waals surface area (Å²) in [6, 6.07) is 16.1. The van der Waals surface area contributed by atoms with Gasteiger partial charge in [0.25, 0.3) is 0 Å². The predicted octanol–water partition coefficient (Wildman–Crippen LogP) is 4.74. The Labute approximate surface area is 182 Å². The molecule has 1 atom stereocenters. The van der Waals surface area contributed by atoms with Gasteiger partial charge < -0.3 is 20.1 Å². The van der Waals surface area contributed by atoms with E-state index in [1.54, 1.807) is 6.20 Å². The average molecular weight is 501 g/mol. The van der Waals surface area contributed by atoms with Gasteiger partial charge in [-0.2, -0.15) is 0 Å². The number of aromatic carboxylic acids is 1. The molecule has 0 amide bonds. The maximum absolute atomic E-state index is 11.4. The summed E-state index contributed by atoms with van der Waals surface area (Å²) in [5.41, 5.74) is 4.02. The SMILES string of the molecule is CN(c1ccc(I)cc1)c1ccc2c(c1)OC[C@H]2CNc1cnccc1C(=O)O. The van der Waals surface area contributed by atoms with Gasteiger partial charge in [-0.1, -0.05) is 6.07 Å². The number of nitrogens with zero attached hydrogens (tertiary/aromatic N) is 2. The minimum Gasteiger partial charge on any atom is -0.493 e. The van der Waals surface area contributed by atoms with Crippen molar-refractivity contribution >= 4 is 45.6 Å². The van der Waals surface area contributed by atoms with E-state index in [-0.39, 0.29) is 11.5 Å². The van der Waals surface area contributed by atoms with Crippen LogP contribution >= 0.6 is 22.6 Å². The first-order valence-corrected chi connectivity index (χ1v) is 10.3. The number of hydrogen-bond acceptors (Lipinski definition) is 5. The topological polar surface area (TPSA) is 74.7 Å². The second kappa shape index (κ2) is 8.28. The number of carbonyl (C=O) groups is 1. The van der Waals surface area contributed by atoms with Crippen molar-refractivity contribution in [1.29, 1.82) is 0 Å². The maximum Gasteiger partial charge on any atom is 0.337 e. The van der Waals surface area contributed by atoms with Crippen LogP contribution in [-0.2, 0) is 0 Å². The predicted molar refractivity (Wildman–Crippen MR) is 122 cm³/mol. The monoisotopic (exact) mass is 501 g/mol. The quantitative estimate of drug-likeness (QED) is 0.476. The van der Waals surface area contributed by atoms with Crippen LogP contribution in [0.15, 0.2) is 60.9 Å². The molecule has 148 valence electrons. The number of aromatic nitrogens is 1. The highest BCUT2D eigenvalue weighted by atomic mass is 127. The Kier molecular flexibility index (Phi) is 5.57. The summed E-state index contributed by atoms with van der Waals surface area (Å²) in [6.07, 6.45) is 3.02. The van der Waals surface area contributed by atoms with Crippen molar-refractivity contribution in [2.75, 3.05) is 30.4 Å². The third-order valence-electron chi connectivity index (χ3n) is 5.07. The molecule has 0 spiro atoms. The third kappa shape index (κ3) is 4.14. The molecule has 0 radical (unpaired) electrons. The lowest BCUT2D eigenvalue weighted by Gasteiger charge is -2.20. The van der Waals surface area contributed by atoms with Crippen LogP contribution in [0.2, 0.25) is 0 Å². The molecule has 1 aliphatic heterocycles. The average Bonchev–Trinajstić information content (AvgIpc) is 3.14. The number of benzene rings is 2. The Bertz CT molecular complexity index is 1040. The first-order valence-electron chi connectivity index (χ1n) is 9.20. The summed E-state index contributed by atoms with van der Waals surface area (Å²) in [5, 5.41) is 12.5. The molecular weight excluding hydrogens is 481 g/mol. The smallest absolute Gasteiger partial charge is 0.337 e. The van der Waals surface area contributed by atoms with Crippen LogP contribution < -0.4 is 15.0 Å². The van der Waals surface area contributed by atoms with E-state index in [2.05, 4.69) is 80.3 Å². The lowest BCUT2D eigenvalue weighted by Crippen LogP contribution is -2.16. The number of hydrogen-bond donors (Lipinski definition) is 2. The lowest BCUT2D eigenvalue weighted by molar-refractivity contribution is 0.0698. The highest BCUT2D eigenvalue weighted by molar-refractivity contribution is 14.1. The molecule has 1 aliphatic rings. The molecular formula is C22H20IN3O3. The van der Waals surface area contributed by atoms with Gasteiger partial charge in [0.05, 0.1) is 24.1 Å². The van der Waals surface area contributed by atoms with Gasteiger partial charge in [-0.25, -0.2) is 4.79 Å². The van der Waals surface area contributed by atoms with Gasteiger partial charge in [0.1, 0.15) is 5.75 Å². The molecule has 0 bridgehead atoms. The van der Waals surface area contributed by atoms with Crippen LogP contribution in [-0.4, -0.2) is 36.3 Å². The van der Waals surface area contributed by atoms with Crippen molar-refractivity contribution < 1.29 is 14.6 Å². The molecule has 2 N–H and O–H groups in total. The van der Waals surface area contributed by atoms with Crippen LogP contribution in [0.25, 0.3) is 0 Å². The van der Waals surface area contributed by atoms with Crippen LogP contribution in [0.1, 0.15) is 21.8 Å². The third-order valence-corrected chi connectivity index (χ3v) is 5.79. The first-order chi connectivity index (χ1) is 14.0. The molecule has 7 heteroatoms. The van der Waals surface area contributed by atoms with Crippen LogP contribution in [0.3, 0.4) is 0 Å². The zero-order valence-corrected chi connectivity index (χ0v) is 18.0. The fraction of sp³-hybridized carbons (Fsp3) is 0.182. The molecule has 2 aromatic carbocycles. The van der Waals surface area contributed by atoms with E-state index < -0.39 is 5.97 Å². The molecule has 29 heavy (non-hydrogen) atoms. The number of ether oxygens (including phenoxy) is 1. The van der Waals surface area contributed by atoms with E-state index in [0.717, 1.165) is 22.7 Å². The Morgan fingerprint density at radius 1 is 1.24 bits per heavy atom. The molecule has 6 nitrogen and oxygen atoms in total. The van der Waals surface area contributed by atoms with E-state index in [0.29, 0.717) is 18.8 Å². The van der Waals surface area contributed by atoms with E-state index in [9.17, 15) is 9.90 Å².